The van der Waals surface area contributed by atoms with Crippen molar-refractivity contribution in [1.29, 1.82) is 0 Å². The molecule has 1 N–H and O–H groups in total. The van der Waals surface area contributed by atoms with E-state index in [0.717, 1.165) is 24.4 Å². The summed E-state index contributed by atoms with van der Waals surface area (Å²) in [7, 11) is 0. The molecule has 0 unspecified atom stereocenters. The van der Waals surface area contributed by atoms with Crippen LogP contribution in [0.15, 0.2) is 17.5 Å². The van der Waals surface area contributed by atoms with Crippen LogP contribution < -0.4 is 0 Å². The van der Waals surface area contributed by atoms with Crippen LogP contribution in [0.1, 0.15) is 45.0 Å². The van der Waals surface area contributed by atoms with E-state index >= 15 is 0 Å². The first-order valence-corrected chi connectivity index (χ1v) is 9.07. The van der Waals surface area contributed by atoms with E-state index in [4.69, 9.17) is 10.6 Å². The maximum Gasteiger partial charge on any atom is 0.0967 e. The Morgan fingerprint density at radius 1 is 1.15 bits per heavy atom. The highest BCUT2D eigenvalue weighted by Crippen LogP contribution is 2.13. The van der Waals surface area contributed by atoms with Crippen LogP contribution in [-0.2, 0) is 25.2 Å². The van der Waals surface area contributed by atoms with Crippen molar-refractivity contribution in [2.45, 2.75) is 58.8 Å². The molecule has 11 nitrogen and oxygen atoms in total. The number of azide groups is 1. The molecule has 0 saturated heterocycles. The summed E-state index contributed by atoms with van der Waals surface area (Å²) >= 11 is 0. The van der Waals surface area contributed by atoms with E-state index in [9.17, 15) is 0 Å². The molecule has 2 aromatic heterocycles. The minimum Gasteiger partial charge on any atom is -0.396 e. The van der Waals surface area contributed by atoms with Gasteiger partial charge in [0.15, 0.2) is 0 Å². The lowest BCUT2D eigenvalue weighted by Crippen LogP contribution is -2.25. The van der Waals surface area contributed by atoms with Gasteiger partial charge in [0.05, 0.1) is 23.1 Å². The molecule has 148 valence electrons. The fourth-order valence-corrected chi connectivity index (χ4v) is 2.53. The summed E-state index contributed by atoms with van der Waals surface area (Å²) in [4.78, 5) is 4.98. The SMILES string of the molecule is CC(C)(C)n1cc(CN(CCCN=[N+]=[N-])Cc2cn(CCCO)nn2)nn1. The lowest BCUT2D eigenvalue weighted by Gasteiger charge is -2.20. The monoisotopic (exact) mass is 376 g/mol. The van der Waals surface area contributed by atoms with Gasteiger partial charge in [0, 0.05) is 43.9 Å². The van der Waals surface area contributed by atoms with Crippen molar-refractivity contribution < 1.29 is 5.11 Å². The van der Waals surface area contributed by atoms with Gasteiger partial charge in [-0.25, -0.2) is 4.68 Å². The van der Waals surface area contributed by atoms with Gasteiger partial charge in [-0.1, -0.05) is 15.5 Å². The molecule has 0 aliphatic heterocycles. The number of aromatic nitrogens is 6. The highest BCUT2D eigenvalue weighted by Gasteiger charge is 2.17. The third-order valence-corrected chi connectivity index (χ3v) is 3.93. The van der Waals surface area contributed by atoms with Crippen LogP contribution in [0.4, 0.5) is 0 Å². The van der Waals surface area contributed by atoms with Gasteiger partial charge in [-0.05, 0) is 45.7 Å². The highest BCUT2D eigenvalue weighted by atomic mass is 16.3. The van der Waals surface area contributed by atoms with Crippen molar-refractivity contribution in [3.8, 4) is 0 Å². The summed E-state index contributed by atoms with van der Waals surface area (Å²) in [5, 5.41) is 29.3. The normalized spacial score (nSPS) is 11.7. The number of hydrogen-bond acceptors (Lipinski definition) is 7. The predicted octanol–water partition coefficient (Wildman–Crippen LogP) is 1.71. The molecule has 0 aliphatic carbocycles. The number of rotatable bonds is 11. The van der Waals surface area contributed by atoms with Crippen molar-refractivity contribution in [2.24, 2.45) is 5.11 Å². The van der Waals surface area contributed by atoms with Gasteiger partial charge in [-0.15, -0.1) is 10.2 Å². The van der Waals surface area contributed by atoms with Crippen LogP contribution in [0.2, 0.25) is 0 Å². The summed E-state index contributed by atoms with van der Waals surface area (Å²) in [5.74, 6) is 0. The molecule has 0 spiro atoms. The van der Waals surface area contributed by atoms with Crippen LogP contribution in [0.3, 0.4) is 0 Å². The third-order valence-electron chi connectivity index (χ3n) is 3.93. The van der Waals surface area contributed by atoms with Gasteiger partial charge in [0.2, 0.25) is 0 Å². The average Bonchev–Trinajstić information content (AvgIpc) is 3.26. The van der Waals surface area contributed by atoms with E-state index in [0.29, 0.717) is 32.6 Å². The predicted molar refractivity (Wildman–Crippen MR) is 99.5 cm³/mol. The second-order valence-electron chi connectivity index (χ2n) is 7.39. The van der Waals surface area contributed by atoms with Gasteiger partial charge in [0.25, 0.3) is 0 Å². The van der Waals surface area contributed by atoms with E-state index < -0.39 is 0 Å². The summed E-state index contributed by atoms with van der Waals surface area (Å²) in [5.41, 5.74) is 10.0. The van der Waals surface area contributed by atoms with Gasteiger partial charge >= 0.3 is 0 Å². The Morgan fingerprint density at radius 3 is 2.48 bits per heavy atom. The zero-order chi connectivity index (χ0) is 19.7. The Kier molecular flexibility index (Phi) is 7.71. The van der Waals surface area contributed by atoms with Crippen molar-refractivity contribution in [1.82, 2.24) is 34.9 Å². The van der Waals surface area contributed by atoms with Gasteiger partial charge in [-0.2, -0.15) is 0 Å². The molecule has 0 amide bonds. The molecule has 0 aliphatic rings. The van der Waals surface area contributed by atoms with E-state index in [1.807, 2.05) is 17.1 Å². The van der Waals surface area contributed by atoms with E-state index in [2.05, 4.69) is 56.3 Å². The molecule has 0 aromatic carbocycles. The number of aliphatic hydroxyl groups is 1. The molecule has 0 radical (unpaired) electrons. The molecule has 0 saturated carbocycles. The largest absolute Gasteiger partial charge is 0.396 e. The molecule has 0 atom stereocenters. The third kappa shape index (κ3) is 6.97. The Balaban J connectivity index is 2.02. The summed E-state index contributed by atoms with van der Waals surface area (Å²) in [6, 6.07) is 0. The van der Waals surface area contributed by atoms with Crippen molar-refractivity contribution >= 4 is 0 Å². The lowest BCUT2D eigenvalue weighted by molar-refractivity contribution is 0.248. The molecule has 11 heteroatoms. The van der Waals surface area contributed by atoms with Gasteiger partial charge in [0.1, 0.15) is 0 Å². The molecule has 2 aromatic rings. The second-order valence-corrected chi connectivity index (χ2v) is 7.39. The Morgan fingerprint density at radius 2 is 1.85 bits per heavy atom. The molecular formula is C16H28N10O. The summed E-state index contributed by atoms with van der Waals surface area (Å²) in [6.07, 6.45) is 5.24. The van der Waals surface area contributed by atoms with Gasteiger partial charge in [-0.3, -0.25) is 9.58 Å². The average molecular weight is 376 g/mol. The van der Waals surface area contributed by atoms with Crippen LogP contribution in [0.25, 0.3) is 10.4 Å². The molecule has 27 heavy (non-hydrogen) atoms. The molecular weight excluding hydrogens is 348 g/mol. The van der Waals surface area contributed by atoms with Crippen LogP contribution in [-0.4, -0.2) is 59.7 Å². The summed E-state index contributed by atoms with van der Waals surface area (Å²) < 4.78 is 3.59. The zero-order valence-corrected chi connectivity index (χ0v) is 16.2. The minimum absolute atomic E-state index is 0.118. The number of aryl methyl sites for hydroxylation is 1. The van der Waals surface area contributed by atoms with Crippen LogP contribution in [0, 0.1) is 0 Å². The number of hydrogen-bond donors (Lipinski definition) is 1. The Labute approximate surface area is 158 Å². The smallest absolute Gasteiger partial charge is 0.0967 e. The zero-order valence-electron chi connectivity index (χ0n) is 16.2. The van der Waals surface area contributed by atoms with Crippen LogP contribution >= 0.6 is 0 Å². The number of aliphatic hydroxyl groups excluding tert-OH is 1. The molecule has 2 heterocycles. The first kappa shape index (κ1) is 20.8. The second kappa shape index (κ2) is 10.0. The van der Waals surface area contributed by atoms with Crippen molar-refractivity contribution in [3.05, 3.63) is 34.2 Å². The quantitative estimate of drug-likeness (QED) is 0.275. The van der Waals surface area contributed by atoms with E-state index in [1.54, 1.807) is 4.68 Å². The van der Waals surface area contributed by atoms with Crippen molar-refractivity contribution in [2.75, 3.05) is 19.7 Å². The standard InChI is InChI=1S/C16H28N10O/c1-16(2,3)26-13-15(20-23-26)11-24(7-4-6-18-21-17)10-14-12-25(22-19-14)8-5-9-27/h12-13,27H,4-11H2,1-3H3. The van der Waals surface area contributed by atoms with Crippen LogP contribution in [0.5, 0.6) is 0 Å². The van der Waals surface area contributed by atoms with E-state index in [1.165, 1.54) is 0 Å². The maximum atomic E-state index is 8.92. The van der Waals surface area contributed by atoms with Gasteiger partial charge < -0.3 is 5.11 Å². The topological polar surface area (TPSA) is 134 Å². The minimum atomic E-state index is -0.118. The lowest BCUT2D eigenvalue weighted by atomic mass is 10.1. The van der Waals surface area contributed by atoms with E-state index in [-0.39, 0.29) is 12.1 Å². The fraction of sp³-hybridized carbons (Fsp3) is 0.750. The molecule has 2 rings (SSSR count). The first-order valence-electron chi connectivity index (χ1n) is 9.07. The molecule has 0 fully saturated rings. The fourth-order valence-electron chi connectivity index (χ4n) is 2.53. The number of nitrogens with zero attached hydrogens (tertiary/aromatic N) is 10. The highest BCUT2D eigenvalue weighted by molar-refractivity contribution is 4.97. The Hall–Kier alpha value is -2.49. The summed E-state index contributed by atoms with van der Waals surface area (Å²) in [6.45, 7) is 9.42. The maximum absolute atomic E-state index is 8.92. The first-order chi connectivity index (χ1) is 12.9. The van der Waals surface area contributed by atoms with Crippen molar-refractivity contribution in [3.63, 3.8) is 0 Å². The Bertz CT molecular complexity index is 740. The molecule has 0 bridgehead atoms.